The van der Waals surface area contributed by atoms with Gasteiger partial charge in [0.15, 0.2) is 0 Å². The van der Waals surface area contributed by atoms with Gasteiger partial charge in [-0.15, -0.1) is 0 Å². The lowest BCUT2D eigenvalue weighted by Gasteiger charge is -2.25. The topological polar surface area (TPSA) is 67.9 Å². The van der Waals surface area contributed by atoms with Crippen molar-refractivity contribution < 1.29 is 19.1 Å². The van der Waals surface area contributed by atoms with E-state index in [0.29, 0.717) is 36.6 Å². The number of hydrogen-bond donors (Lipinski definition) is 1. The second kappa shape index (κ2) is 9.15. The van der Waals surface area contributed by atoms with Crippen LogP contribution in [0.5, 0.6) is 11.5 Å². The quantitative estimate of drug-likeness (QED) is 0.740. The second-order valence-electron chi connectivity index (χ2n) is 5.92. The molecule has 0 aliphatic carbocycles. The highest BCUT2D eigenvalue weighted by Crippen LogP contribution is 2.29. The highest BCUT2D eigenvalue weighted by atomic mass is 16.5. The number of nitrogens with one attached hydrogen (secondary N) is 1. The van der Waals surface area contributed by atoms with Crippen molar-refractivity contribution >= 4 is 11.8 Å². The molecule has 2 amide bonds. The fraction of sp³-hybridized carbons (Fsp3) is 0.556. The van der Waals surface area contributed by atoms with Crippen LogP contribution in [0.15, 0.2) is 12.1 Å². The molecule has 134 valence electrons. The van der Waals surface area contributed by atoms with Crippen molar-refractivity contribution in [1.29, 1.82) is 0 Å². The molecule has 1 rings (SSSR count). The number of ether oxygens (including phenoxy) is 2. The molecule has 1 aromatic carbocycles. The highest BCUT2D eigenvalue weighted by molar-refractivity contribution is 5.95. The van der Waals surface area contributed by atoms with Gasteiger partial charge in [-0.2, -0.15) is 0 Å². The van der Waals surface area contributed by atoms with E-state index in [4.69, 9.17) is 9.47 Å². The van der Waals surface area contributed by atoms with Crippen LogP contribution in [-0.2, 0) is 4.79 Å². The zero-order valence-electron chi connectivity index (χ0n) is 15.4. The van der Waals surface area contributed by atoms with Gasteiger partial charge in [-0.3, -0.25) is 9.59 Å². The van der Waals surface area contributed by atoms with Crippen LogP contribution >= 0.6 is 0 Å². The molecule has 0 saturated heterocycles. The number of nitrogens with zero attached hydrogens (tertiary/aromatic N) is 1. The van der Waals surface area contributed by atoms with Crippen molar-refractivity contribution in [1.82, 2.24) is 10.2 Å². The van der Waals surface area contributed by atoms with Crippen LogP contribution in [0.25, 0.3) is 0 Å². The molecule has 0 aromatic heterocycles. The second-order valence-corrected chi connectivity index (χ2v) is 5.92. The molecule has 0 aliphatic rings. The highest BCUT2D eigenvalue weighted by Gasteiger charge is 2.14. The molecule has 0 spiro atoms. The van der Waals surface area contributed by atoms with Crippen molar-refractivity contribution in [3.8, 4) is 11.5 Å². The minimum Gasteiger partial charge on any atom is -0.496 e. The molecule has 0 bridgehead atoms. The maximum Gasteiger partial charge on any atom is 0.251 e. The first-order valence-corrected chi connectivity index (χ1v) is 8.09. The minimum absolute atomic E-state index is 0.0457. The van der Waals surface area contributed by atoms with Crippen molar-refractivity contribution in [3.05, 3.63) is 23.3 Å². The predicted octanol–water partition coefficient (Wildman–Crippen LogP) is 2.39. The third-order valence-corrected chi connectivity index (χ3v) is 3.90. The largest absolute Gasteiger partial charge is 0.496 e. The van der Waals surface area contributed by atoms with Crippen LogP contribution in [0.3, 0.4) is 0 Å². The molecule has 0 radical (unpaired) electrons. The molecule has 0 fully saturated rings. The van der Waals surface area contributed by atoms with Crippen molar-refractivity contribution in [3.63, 3.8) is 0 Å². The van der Waals surface area contributed by atoms with Crippen molar-refractivity contribution in [2.45, 2.75) is 40.2 Å². The zero-order valence-corrected chi connectivity index (χ0v) is 15.4. The number of rotatable bonds is 8. The Kier molecular flexibility index (Phi) is 7.55. The van der Waals surface area contributed by atoms with Crippen LogP contribution in [0.4, 0.5) is 0 Å². The molecule has 24 heavy (non-hydrogen) atoms. The Morgan fingerprint density at radius 3 is 2.12 bits per heavy atom. The molecule has 1 N–H and O–H groups in total. The summed E-state index contributed by atoms with van der Waals surface area (Å²) in [5.74, 6) is 1.08. The summed E-state index contributed by atoms with van der Waals surface area (Å²) in [5.41, 5.74) is 1.34. The van der Waals surface area contributed by atoms with Gasteiger partial charge < -0.3 is 19.7 Å². The molecule has 0 aliphatic heterocycles. The molecule has 6 nitrogen and oxygen atoms in total. The van der Waals surface area contributed by atoms with Crippen molar-refractivity contribution in [2.24, 2.45) is 0 Å². The Morgan fingerprint density at radius 2 is 1.71 bits per heavy atom. The standard InChI is InChI=1S/C18H28N2O4/c1-12(2)20(14(4)21)9-7-8-19-18(22)15-10-16(23-5)13(3)17(11-15)24-6/h10-12H,7-9H2,1-6H3,(H,19,22). The normalized spacial score (nSPS) is 10.5. The van der Waals surface area contributed by atoms with E-state index in [1.807, 2.05) is 20.8 Å². The fourth-order valence-corrected chi connectivity index (χ4v) is 2.55. The molecule has 1 aromatic rings. The maximum absolute atomic E-state index is 12.3. The summed E-state index contributed by atoms with van der Waals surface area (Å²) in [6, 6.07) is 3.55. The first kappa shape index (κ1) is 19.8. The van der Waals surface area contributed by atoms with Gasteiger partial charge in [0, 0.05) is 37.2 Å². The molecule has 0 saturated carbocycles. The summed E-state index contributed by atoms with van der Waals surface area (Å²) in [7, 11) is 3.12. The lowest BCUT2D eigenvalue weighted by atomic mass is 10.1. The Morgan fingerprint density at radius 1 is 1.17 bits per heavy atom. The summed E-state index contributed by atoms with van der Waals surface area (Å²) >= 11 is 0. The summed E-state index contributed by atoms with van der Waals surface area (Å²) in [6.45, 7) is 8.50. The minimum atomic E-state index is -0.189. The monoisotopic (exact) mass is 336 g/mol. The average Bonchev–Trinajstić information content (AvgIpc) is 2.53. The van der Waals surface area contributed by atoms with Gasteiger partial charge in [-0.1, -0.05) is 0 Å². The van der Waals surface area contributed by atoms with Gasteiger partial charge in [0.1, 0.15) is 11.5 Å². The average molecular weight is 336 g/mol. The lowest BCUT2D eigenvalue weighted by Crippen LogP contribution is -2.37. The number of benzene rings is 1. The van der Waals surface area contributed by atoms with Gasteiger partial charge in [-0.05, 0) is 39.3 Å². The summed E-state index contributed by atoms with van der Waals surface area (Å²) < 4.78 is 10.6. The van der Waals surface area contributed by atoms with E-state index in [9.17, 15) is 9.59 Å². The molecular formula is C18H28N2O4. The van der Waals surface area contributed by atoms with E-state index in [-0.39, 0.29) is 17.9 Å². The van der Waals surface area contributed by atoms with Crippen LogP contribution in [-0.4, -0.2) is 50.1 Å². The number of hydrogen-bond acceptors (Lipinski definition) is 4. The summed E-state index contributed by atoms with van der Waals surface area (Å²) in [4.78, 5) is 25.6. The van der Waals surface area contributed by atoms with E-state index in [1.165, 1.54) is 0 Å². The van der Waals surface area contributed by atoms with Crippen LogP contribution in [0, 0.1) is 6.92 Å². The van der Waals surface area contributed by atoms with E-state index in [1.54, 1.807) is 38.2 Å². The van der Waals surface area contributed by atoms with Gasteiger partial charge >= 0.3 is 0 Å². The zero-order chi connectivity index (χ0) is 18.3. The molecule has 0 atom stereocenters. The smallest absolute Gasteiger partial charge is 0.251 e. The van der Waals surface area contributed by atoms with Crippen molar-refractivity contribution in [2.75, 3.05) is 27.3 Å². The Balaban J connectivity index is 2.64. The SMILES string of the molecule is COc1cc(C(=O)NCCCN(C(C)=O)C(C)C)cc(OC)c1C. The van der Waals surface area contributed by atoms with E-state index < -0.39 is 0 Å². The molecule has 0 heterocycles. The number of carbonyl (C=O) groups is 2. The summed E-state index contributed by atoms with van der Waals surface area (Å²) in [5, 5.41) is 2.87. The van der Waals surface area contributed by atoms with Gasteiger partial charge in [0.25, 0.3) is 5.91 Å². The summed E-state index contributed by atoms with van der Waals surface area (Å²) in [6.07, 6.45) is 0.698. The number of amides is 2. The molecule has 0 unspecified atom stereocenters. The maximum atomic E-state index is 12.3. The predicted molar refractivity (Wildman–Crippen MR) is 93.8 cm³/mol. The Bertz CT molecular complexity index is 559. The molecule has 6 heteroatoms. The number of carbonyl (C=O) groups excluding carboxylic acids is 2. The van der Waals surface area contributed by atoms with E-state index in [0.717, 1.165) is 5.56 Å². The van der Waals surface area contributed by atoms with Gasteiger partial charge in [0.2, 0.25) is 5.91 Å². The van der Waals surface area contributed by atoms with Crippen LogP contribution in [0.2, 0.25) is 0 Å². The van der Waals surface area contributed by atoms with Gasteiger partial charge in [0.05, 0.1) is 14.2 Å². The van der Waals surface area contributed by atoms with Crippen LogP contribution in [0.1, 0.15) is 43.1 Å². The first-order valence-electron chi connectivity index (χ1n) is 8.09. The third-order valence-electron chi connectivity index (χ3n) is 3.90. The third kappa shape index (κ3) is 5.15. The Hall–Kier alpha value is -2.24. The van der Waals surface area contributed by atoms with Gasteiger partial charge in [-0.25, -0.2) is 0 Å². The molecular weight excluding hydrogens is 308 g/mol. The fourth-order valence-electron chi connectivity index (χ4n) is 2.55. The van der Waals surface area contributed by atoms with Crippen LogP contribution < -0.4 is 14.8 Å². The first-order chi connectivity index (χ1) is 11.3. The lowest BCUT2D eigenvalue weighted by molar-refractivity contribution is -0.130. The van der Waals surface area contributed by atoms with E-state index >= 15 is 0 Å². The van der Waals surface area contributed by atoms with E-state index in [2.05, 4.69) is 5.32 Å². The Labute approximate surface area is 144 Å². The number of methoxy groups -OCH3 is 2.